The third kappa shape index (κ3) is 1.68. The predicted octanol–water partition coefficient (Wildman–Crippen LogP) is 2.28. The molecule has 0 saturated carbocycles. The average Bonchev–Trinajstić information content (AvgIpc) is 2.60. The second-order valence-corrected chi connectivity index (χ2v) is 3.43. The van der Waals surface area contributed by atoms with E-state index in [1.165, 1.54) is 0 Å². The molecule has 2 N–H and O–H groups in total. The molecular formula is C12H14N2O. The zero-order chi connectivity index (χ0) is 10.8. The van der Waals surface area contributed by atoms with Gasteiger partial charge in [-0.25, -0.2) is 0 Å². The van der Waals surface area contributed by atoms with Crippen molar-refractivity contribution in [2.75, 3.05) is 12.8 Å². The summed E-state index contributed by atoms with van der Waals surface area (Å²) in [5.74, 6) is 1.63. The highest BCUT2D eigenvalue weighted by molar-refractivity contribution is 5.64. The van der Waals surface area contributed by atoms with E-state index in [1.807, 2.05) is 48.0 Å². The van der Waals surface area contributed by atoms with Gasteiger partial charge in [0.25, 0.3) is 0 Å². The standard InChI is InChI=1S/C12H14N2O/c1-14-11(7-8-12(14)13)9-3-5-10(15-2)6-4-9/h3-8H,13H2,1-2H3. The number of hydrogen-bond donors (Lipinski definition) is 1. The van der Waals surface area contributed by atoms with Gasteiger partial charge in [0.1, 0.15) is 11.6 Å². The van der Waals surface area contributed by atoms with Crippen molar-refractivity contribution in [1.29, 1.82) is 0 Å². The van der Waals surface area contributed by atoms with E-state index in [1.54, 1.807) is 7.11 Å². The second kappa shape index (κ2) is 3.69. The van der Waals surface area contributed by atoms with Crippen molar-refractivity contribution in [2.24, 2.45) is 7.05 Å². The summed E-state index contributed by atoms with van der Waals surface area (Å²) < 4.78 is 7.07. The van der Waals surface area contributed by atoms with E-state index in [2.05, 4.69) is 0 Å². The Balaban J connectivity index is 2.41. The van der Waals surface area contributed by atoms with Crippen molar-refractivity contribution in [3.63, 3.8) is 0 Å². The van der Waals surface area contributed by atoms with Crippen LogP contribution >= 0.6 is 0 Å². The molecule has 2 rings (SSSR count). The van der Waals surface area contributed by atoms with E-state index in [-0.39, 0.29) is 0 Å². The lowest BCUT2D eigenvalue weighted by Crippen LogP contribution is -1.97. The zero-order valence-electron chi connectivity index (χ0n) is 8.90. The van der Waals surface area contributed by atoms with Gasteiger partial charge >= 0.3 is 0 Å². The first-order valence-corrected chi connectivity index (χ1v) is 4.78. The number of nitrogens with two attached hydrogens (primary N) is 1. The quantitative estimate of drug-likeness (QED) is 0.811. The fourth-order valence-corrected chi connectivity index (χ4v) is 1.58. The lowest BCUT2D eigenvalue weighted by Gasteiger charge is -2.06. The van der Waals surface area contributed by atoms with Gasteiger partial charge in [0.05, 0.1) is 7.11 Å². The molecule has 0 fully saturated rings. The first kappa shape index (κ1) is 9.65. The van der Waals surface area contributed by atoms with Gasteiger partial charge in [-0.3, -0.25) is 0 Å². The normalized spacial score (nSPS) is 10.3. The Morgan fingerprint density at radius 3 is 2.20 bits per heavy atom. The highest BCUT2D eigenvalue weighted by Crippen LogP contribution is 2.24. The topological polar surface area (TPSA) is 40.2 Å². The Morgan fingerprint density at radius 2 is 1.73 bits per heavy atom. The van der Waals surface area contributed by atoms with Gasteiger partial charge in [-0.1, -0.05) is 0 Å². The van der Waals surface area contributed by atoms with Crippen molar-refractivity contribution in [1.82, 2.24) is 4.57 Å². The lowest BCUT2D eigenvalue weighted by atomic mass is 10.1. The average molecular weight is 202 g/mol. The number of aromatic nitrogens is 1. The molecule has 0 spiro atoms. The van der Waals surface area contributed by atoms with Gasteiger partial charge < -0.3 is 15.0 Å². The summed E-state index contributed by atoms with van der Waals surface area (Å²) in [6.45, 7) is 0. The van der Waals surface area contributed by atoms with Crippen LogP contribution in [0.2, 0.25) is 0 Å². The number of anilines is 1. The van der Waals surface area contributed by atoms with Crippen molar-refractivity contribution >= 4 is 5.82 Å². The first-order chi connectivity index (χ1) is 7.22. The molecule has 3 nitrogen and oxygen atoms in total. The summed E-state index contributed by atoms with van der Waals surface area (Å²) >= 11 is 0. The minimum atomic E-state index is 0.765. The Morgan fingerprint density at radius 1 is 1.07 bits per heavy atom. The molecule has 78 valence electrons. The van der Waals surface area contributed by atoms with Crippen LogP contribution in [0.4, 0.5) is 5.82 Å². The summed E-state index contributed by atoms with van der Waals surface area (Å²) in [7, 11) is 3.62. The third-order valence-corrected chi connectivity index (χ3v) is 2.55. The monoisotopic (exact) mass is 202 g/mol. The van der Waals surface area contributed by atoms with E-state index in [0.717, 1.165) is 22.8 Å². The van der Waals surface area contributed by atoms with E-state index in [0.29, 0.717) is 0 Å². The van der Waals surface area contributed by atoms with E-state index >= 15 is 0 Å². The second-order valence-electron chi connectivity index (χ2n) is 3.43. The molecule has 1 aromatic carbocycles. The van der Waals surface area contributed by atoms with Gasteiger partial charge in [-0.2, -0.15) is 0 Å². The molecular weight excluding hydrogens is 188 g/mol. The van der Waals surface area contributed by atoms with Gasteiger partial charge in [-0.05, 0) is 42.0 Å². The van der Waals surface area contributed by atoms with E-state index in [4.69, 9.17) is 10.5 Å². The lowest BCUT2D eigenvalue weighted by molar-refractivity contribution is 0.415. The van der Waals surface area contributed by atoms with Gasteiger partial charge in [0.15, 0.2) is 0 Å². The molecule has 1 heterocycles. The molecule has 1 aromatic heterocycles. The van der Waals surface area contributed by atoms with E-state index < -0.39 is 0 Å². The first-order valence-electron chi connectivity index (χ1n) is 4.78. The maximum atomic E-state index is 5.77. The van der Waals surface area contributed by atoms with Crippen molar-refractivity contribution in [2.45, 2.75) is 0 Å². The molecule has 15 heavy (non-hydrogen) atoms. The number of ether oxygens (including phenoxy) is 1. The Bertz CT molecular complexity index is 457. The minimum Gasteiger partial charge on any atom is -0.497 e. The fraction of sp³-hybridized carbons (Fsp3) is 0.167. The van der Waals surface area contributed by atoms with Gasteiger partial charge in [0, 0.05) is 12.7 Å². The van der Waals surface area contributed by atoms with Crippen molar-refractivity contribution in [3.05, 3.63) is 36.4 Å². The minimum absolute atomic E-state index is 0.765. The maximum Gasteiger partial charge on any atom is 0.118 e. The fourth-order valence-electron chi connectivity index (χ4n) is 1.58. The van der Waals surface area contributed by atoms with Crippen LogP contribution in [-0.4, -0.2) is 11.7 Å². The highest BCUT2D eigenvalue weighted by Gasteiger charge is 2.04. The van der Waals surface area contributed by atoms with Gasteiger partial charge in [0.2, 0.25) is 0 Å². The SMILES string of the molecule is COc1ccc(-c2ccc(N)n2C)cc1. The van der Waals surface area contributed by atoms with Crippen LogP contribution in [0.25, 0.3) is 11.3 Å². The summed E-state index contributed by atoms with van der Waals surface area (Å²) in [4.78, 5) is 0. The summed E-state index contributed by atoms with van der Waals surface area (Å²) in [5.41, 5.74) is 8.01. The number of nitrogen functional groups attached to an aromatic ring is 1. The highest BCUT2D eigenvalue weighted by atomic mass is 16.5. The summed E-state index contributed by atoms with van der Waals surface area (Å²) in [5, 5.41) is 0. The molecule has 0 radical (unpaired) electrons. The molecule has 2 aromatic rings. The van der Waals surface area contributed by atoms with Crippen LogP contribution in [0.1, 0.15) is 0 Å². The zero-order valence-corrected chi connectivity index (χ0v) is 8.90. The summed E-state index contributed by atoms with van der Waals surface area (Å²) in [6, 6.07) is 11.8. The Labute approximate surface area is 89.1 Å². The largest absolute Gasteiger partial charge is 0.497 e. The molecule has 0 aliphatic carbocycles. The molecule has 3 heteroatoms. The Hall–Kier alpha value is -1.90. The molecule has 0 aliphatic rings. The maximum absolute atomic E-state index is 5.77. The molecule has 0 amide bonds. The van der Waals surface area contributed by atoms with Crippen molar-refractivity contribution < 1.29 is 4.74 Å². The molecule has 0 bridgehead atoms. The molecule has 0 saturated heterocycles. The Kier molecular flexibility index (Phi) is 2.37. The number of rotatable bonds is 2. The van der Waals surface area contributed by atoms with Crippen molar-refractivity contribution in [3.8, 4) is 17.0 Å². The number of methoxy groups -OCH3 is 1. The summed E-state index contributed by atoms with van der Waals surface area (Å²) in [6.07, 6.45) is 0. The van der Waals surface area contributed by atoms with Crippen LogP contribution in [0.3, 0.4) is 0 Å². The third-order valence-electron chi connectivity index (χ3n) is 2.55. The van der Waals surface area contributed by atoms with Crippen LogP contribution in [-0.2, 0) is 7.05 Å². The number of benzene rings is 1. The van der Waals surface area contributed by atoms with E-state index in [9.17, 15) is 0 Å². The molecule has 0 atom stereocenters. The number of hydrogen-bond acceptors (Lipinski definition) is 2. The molecule has 0 aliphatic heterocycles. The van der Waals surface area contributed by atoms with Gasteiger partial charge in [-0.15, -0.1) is 0 Å². The molecule has 0 unspecified atom stereocenters. The van der Waals surface area contributed by atoms with Crippen LogP contribution in [0.15, 0.2) is 36.4 Å². The number of nitrogens with zero attached hydrogens (tertiary/aromatic N) is 1. The van der Waals surface area contributed by atoms with Crippen LogP contribution in [0.5, 0.6) is 5.75 Å². The predicted molar refractivity (Wildman–Crippen MR) is 61.8 cm³/mol. The van der Waals surface area contributed by atoms with Crippen LogP contribution < -0.4 is 10.5 Å². The smallest absolute Gasteiger partial charge is 0.118 e. The van der Waals surface area contributed by atoms with Crippen LogP contribution in [0, 0.1) is 0 Å².